The van der Waals surface area contributed by atoms with E-state index in [9.17, 15) is 14.7 Å². The number of piperidine rings is 1. The molecule has 1 aromatic carbocycles. The largest absolute Gasteiger partial charge is 0.465 e. The Labute approximate surface area is 135 Å². The highest BCUT2D eigenvalue weighted by atomic mass is 16.4. The van der Waals surface area contributed by atoms with E-state index in [0.717, 1.165) is 5.56 Å². The Bertz CT molecular complexity index is 658. The monoisotopic (exact) mass is 318 g/mol. The van der Waals surface area contributed by atoms with Crippen LogP contribution in [0, 0.1) is 5.41 Å². The van der Waals surface area contributed by atoms with Gasteiger partial charge in [0.05, 0.1) is 12.1 Å². The van der Waals surface area contributed by atoms with Gasteiger partial charge in [0.1, 0.15) is 0 Å². The van der Waals surface area contributed by atoms with Crippen LogP contribution in [0.25, 0.3) is 0 Å². The van der Waals surface area contributed by atoms with Crippen molar-refractivity contribution in [2.24, 2.45) is 5.41 Å². The third-order valence-corrected chi connectivity index (χ3v) is 5.26. The minimum atomic E-state index is -1.10. The fraction of sp³-hybridized carbons (Fsp3) is 0.529. The first-order valence-electron chi connectivity index (χ1n) is 7.81. The summed E-state index contributed by atoms with van der Waals surface area (Å²) in [6, 6.07) is 7.47. The molecule has 0 radical (unpaired) electrons. The number of likely N-dealkylation sites (tertiary alicyclic amines) is 1. The van der Waals surface area contributed by atoms with Gasteiger partial charge in [0.2, 0.25) is 0 Å². The zero-order chi connectivity index (χ0) is 16.8. The summed E-state index contributed by atoms with van der Waals surface area (Å²) in [5.41, 5.74) is -0.0613. The Kier molecular flexibility index (Phi) is 3.59. The van der Waals surface area contributed by atoms with E-state index in [4.69, 9.17) is 5.11 Å². The first-order chi connectivity index (χ1) is 10.7. The molecule has 2 heterocycles. The highest BCUT2D eigenvalue weighted by molar-refractivity contribution is 5.98. The Morgan fingerprint density at radius 3 is 2.61 bits per heavy atom. The second-order valence-corrected chi connectivity index (χ2v) is 7.19. The van der Waals surface area contributed by atoms with Crippen LogP contribution >= 0.6 is 0 Å². The topological polar surface area (TPSA) is 81.1 Å². The van der Waals surface area contributed by atoms with Crippen LogP contribution in [0.1, 0.15) is 36.2 Å². The van der Waals surface area contributed by atoms with Crippen LogP contribution in [0.15, 0.2) is 24.3 Å². The molecule has 0 aromatic heterocycles. The molecule has 2 N–H and O–H groups in total. The molecule has 1 unspecified atom stereocenters. The molecular formula is C17H22N2O4. The Morgan fingerprint density at radius 1 is 1.30 bits per heavy atom. The lowest BCUT2D eigenvalue weighted by Gasteiger charge is -2.50. The number of carbonyl (C=O) groups excluding carboxylic acids is 1. The number of benzene rings is 1. The number of aliphatic hydroxyl groups is 1. The predicted octanol–water partition coefficient (Wildman–Crippen LogP) is 1.78. The summed E-state index contributed by atoms with van der Waals surface area (Å²) in [6.45, 7) is 4.97. The van der Waals surface area contributed by atoms with Crippen molar-refractivity contribution >= 4 is 12.0 Å². The van der Waals surface area contributed by atoms with Crippen molar-refractivity contribution in [3.05, 3.63) is 35.4 Å². The lowest BCUT2D eigenvalue weighted by Crippen LogP contribution is -2.62. The third kappa shape index (κ3) is 2.57. The van der Waals surface area contributed by atoms with Gasteiger partial charge in [-0.15, -0.1) is 0 Å². The molecule has 0 aliphatic carbocycles. The van der Waals surface area contributed by atoms with Crippen molar-refractivity contribution in [1.29, 1.82) is 0 Å². The highest BCUT2D eigenvalue weighted by Gasteiger charge is 2.50. The molecule has 2 aliphatic rings. The smallest absolute Gasteiger partial charge is 0.407 e. The molecular weight excluding hydrogens is 296 g/mol. The molecule has 1 saturated heterocycles. The summed E-state index contributed by atoms with van der Waals surface area (Å²) < 4.78 is 0. The number of nitrogens with zero attached hydrogens (tertiary/aromatic N) is 2. The summed E-state index contributed by atoms with van der Waals surface area (Å²) in [5, 5.41) is 20.3. The van der Waals surface area contributed by atoms with Gasteiger partial charge >= 0.3 is 6.09 Å². The van der Waals surface area contributed by atoms with E-state index in [-0.39, 0.29) is 25.5 Å². The second-order valence-electron chi connectivity index (χ2n) is 7.19. The first kappa shape index (κ1) is 15.8. The molecule has 0 saturated carbocycles. The highest BCUT2D eigenvalue weighted by Crippen LogP contribution is 2.40. The van der Waals surface area contributed by atoms with Gasteiger partial charge in [-0.2, -0.15) is 0 Å². The molecule has 1 fully saturated rings. The minimum Gasteiger partial charge on any atom is -0.465 e. The van der Waals surface area contributed by atoms with Gasteiger partial charge < -0.3 is 20.0 Å². The summed E-state index contributed by atoms with van der Waals surface area (Å²) in [4.78, 5) is 26.7. The van der Waals surface area contributed by atoms with Crippen LogP contribution in [-0.4, -0.2) is 57.2 Å². The van der Waals surface area contributed by atoms with Gasteiger partial charge in [-0.25, -0.2) is 4.79 Å². The van der Waals surface area contributed by atoms with E-state index in [2.05, 4.69) is 0 Å². The summed E-state index contributed by atoms with van der Waals surface area (Å²) in [7, 11) is 0. The molecule has 124 valence electrons. The van der Waals surface area contributed by atoms with Gasteiger partial charge in [0.25, 0.3) is 5.91 Å². The van der Waals surface area contributed by atoms with Gasteiger partial charge in [-0.1, -0.05) is 32.0 Å². The average molecular weight is 318 g/mol. The molecule has 3 rings (SSSR count). The van der Waals surface area contributed by atoms with Crippen molar-refractivity contribution in [2.45, 2.75) is 32.4 Å². The van der Waals surface area contributed by atoms with Gasteiger partial charge in [-0.3, -0.25) is 4.79 Å². The Balaban J connectivity index is 1.78. The van der Waals surface area contributed by atoms with Crippen molar-refractivity contribution in [3.8, 4) is 0 Å². The van der Waals surface area contributed by atoms with Gasteiger partial charge in [0.15, 0.2) is 0 Å². The zero-order valence-electron chi connectivity index (χ0n) is 13.5. The minimum absolute atomic E-state index is 0.0644. The number of hydrogen-bond donors (Lipinski definition) is 2. The maximum Gasteiger partial charge on any atom is 0.407 e. The van der Waals surface area contributed by atoms with Crippen molar-refractivity contribution < 1.29 is 19.8 Å². The summed E-state index contributed by atoms with van der Waals surface area (Å²) in [6.07, 6.45) is -0.642. The molecule has 6 nitrogen and oxygen atoms in total. The molecule has 1 atom stereocenters. The number of hydrogen-bond acceptors (Lipinski definition) is 3. The van der Waals surface area contributed by atoms with Gasteiger partial charge in [0, 0.05) is 30.6 Å². The zero-order valence-corrected chi connectivity index (χ0v) is 13.5. The number of β-amino-alcohol motifs (C(OH)–C–C–N with tert-alkyl or cyclic N) is 1. The molecule has 23 heavy (non-hydrogen) atoms. The fourth-order valence-corrected chi connectivity index (χ4v) is 3.58. The number of fused-ring (bicyclic) bond motifs is 1. The number of carbonyl (C=O) groups is 2. The quantitative estimate of drug-likeness (QED) is 0.871. The molecule has 1 aromatic rings. The normalized spacial score (nSPS) is 26.3. The van der Waals surface area contributed by atoms with E-state index in [1.165, 1.54) is 4.90 Å². The first-order valence-corrected chi connectivity index (χ1v) is 7.81. The van der Waals surface area contributed by atoms with Crippen LogP contribution in [0.5, 0.6) is 0 Å². The van der Waals surface area contributed by atoms with E-state index >= 15 is 0 Å². The fourth-order valence-electron chi connectivity index (χ4n) is 3.58. The molecule has 6 heteroatoms. The molecule has 2 amide bonds. The third-order valence-electron chi connectivity index (χ3n) is 5.26. The van der Waals surface area contributed by atoms with Crippen LogP contribution in [-0.2, 0) is 6.54 Å². The van der Waals surface area contributed by atoms with Crippen molar-refractivity contribution in [3.63, 3.8) is 0 Å². The number of amides is 2. The van der Waals surface area contributed by atoms with Crippen molar-refractivity contribution in [1.82, 2.24) is 9.80 Å². The Morgan fingerprint density at radius 2 is 2.00 bits per heavy atom. The summed E-state index contributed by atoms with van der Waals surface area (Å²) >= 11 is 0. The molecule has 2 aliphatic heterocycles. The average Bonchev–Trinajstić information content (AvgIpc) is 2.79. The van der Waals surface area contributed by atoms with Crippen LogP contribution in [0.3, 0.4) is 0 Å². The van der Waals surface area contributed by atoms with Gasteiger partial charge in [-0.05, 0) is 18.1 Å². The van der Waals surface area contributed by atoms with E-state index in [1.54, 1.807) is 11.0 Å². The SMILES string of the molecule is CC1(C)CN(C(=O)O)CCC1(O)CN1Cc2ccccc2C1=O. The molecule has 0 spiro atoms. The van der Waals surface area contributed by atoms with Crippen LogP contribution in [0.4, 0.5) is 4.79 Å². The standard InChI is InChI=1S/C17H22N2O4/c1-16(2)10-18(15(21)22)8-7-17(16,23)11-19-9-12-5-3-4-6-13(12)14(19)20/h3-6,23H,7-11H2,1-2H3,(H,21,22). The lowest BCUT2D eigenvalue weighted by molar-refractivity contribution is -0.123. The summed E-state index contributed by atoms with van der Waals surface area (Å²) in [5.74, 6) is -0.0644. The number of rotatable bonds is 2. The second kappa shape index (κ2) is 5.23. The lowest BCUT2D eigenvalue weighted by atomic mass is 9.69. The van der Waals surface area contributed by atoms with E-state index in [0.29, 0.717) is 18.5 Å². The van der Waals surface area contributed by atoms with E-state index in [1.807, 2.05) is 32.0 Å². The maximum atomic E-state index is 12.5. The number of carboxylic acid groups (broad SMARTS) is 1. The molecule has 0 bridgehead atoms. The Hall–Kier alpha value is -2.08. The van der Waals surface area contributed by atoms with Crippen LogP contribution in [0.2, 0.25) is 0 Å². The predicted molar refractivity (Wildman–Crippen MR) is 84.1 cm³/mol. The van der Waals surface area contributed by atoms with Crippen molar-refractivity contribution in [2.75, 3.05) is 19.6 Å². The van der Waals surface area contributed by atoms with E-state index < -0.39 is 17.1 Å². The maximum absolute atomic E-state index is 12.5. The van der Waals surface area contributed by atoms with Crippen LogP contribution < -0.4 is 0 Å².